The van der Waals surface area contributed by atoms with Crippen molar-refractivity contribution in [3.8, 4) is 5.75 Å². The maximum Gasteiger partial charge on any atom is 0.247 e. The van der Waals surface area contributed by atoms with Crippen molar-refractivity contribution in [2.75, 3.05) is 12.4 Å². The molecule has 0 aliphatic carbocycles. The predicted octanol–water partition coefficient (Wildman–Crippen LogP) is 3.87. The van der Waals surface area contributed by atoms with Crippen LogP contribution >= 0.6 is 0 Å². The fraction of sp³-hybridized carbons (Fsp3) is 0.192. The van der Waals surface area contributed by atoms with Gasteiger partial charge in [0.1, 0.15) is 11.8 Å². The number of carbonyl (C=O) groups excluding carboxylic acids is 2. The summed E-state index contributed by atoms with van der Waals surface area (Å²) >= 11 is 0. The Hall–Kier alpha value is -4.13. The van der Waals surface area contributed by atoms with Gasteiger partial charge in [0.25, 0.3) is 0 Å². The minimum absolute atomic E-state index is 0.180. The van der Waals surface area contributed by atoms with Crippen LogP contribution in [0, 0.1) is 0 Å². The minimum atomic E-state index is -0.722. The Balaban J connectivity index is 1.46. The van der Waals surface area contributed by atoms with Crippen LogP contribution in [0.4, 0.5) is 5.69 Å². The number of aryl methyl sites for hydroxylation is 1. The third-order valence-corrected chi connectivity index (χ3v) is 5.50. The molecule has 2 aromatic heterocycles. The first-order valence-electron chi connectivity index (χ1n) is 10.8. The number of anilines is 1. The van der Waals surface area contributed by atoms with E-state index in [1.54, 1.807) is 31.6 Å². The molecule has 4 rings (SSSR count). The average Bonchev–Trinajstić information content (AvgIpc) is 3.26. The highest BCUT2D eigenvalue weighted by molar-refractivity contribution is 5.98. The van der Waals surface area contributed by atoms with E-state index in [1.807, 2.05) is 54.7 Å². The molecule has 33 heavy (non-hydrogen) atoms. The van der Waals surface area contributed by atoms with Crippen LogP contribution in [0.25, 0.3) is 10.9 Å². The molecule has 0 fully saturated rings. The average molecular weight is 443 g/mol. The molecule has 0 radical (unpaired) electrons. The predicted molar refractivity (Wildman–Crippen MR) is 128 cm³/mol. The molecular weight excluding hydrogens is 416 g/mol. The third kappa shape index (κ3) is 5.77. The normalized spacial score (nSPS) is 11.7. The molecule has 0 aliphatic rings. The Bertz CT molecular complexity index is 1220. The summed E-state index contributed by atoms with van der Waals surface area (Å²) in [6.07, 6.45) is 6.33. The summed E-state index contributed by atoms with van der Waals surface area (Å²) in [5.74, 6) is 0.319. The van der Waals surface area contributed by atoms with E-state index < -0.39 is 6.04 Å². The monoisotopic (exact) mass is 442 g/mol. The number of hydrogen-bond donors (Lipinski definition) is 3. The van der Waals surface area contributed by atoms with Gasteiger partial charge in [-0.3, -0.25) is 14.6 Å². The number of benzene rings is 2. The number of nitrogens with zero attached hydrogens (tertiary/aromatic N) is 1. The van der Waals surface area contributed by atoms with Gasteiger partial charge in [-0.25, -0.2) is 0 Å². The minimum Gasteiger partial charge on any atom is -0.497 e. The summed E-state index contributed by atoms with van der Waals surface area (Å²) in [6.45, 7) is 0. The van der Waals surface area contributed by atoms with Gasteiger partial charge in [-0.05, 0) is 47.9 Å². The quantitative estimate of drug-likeness (QED) is 0.367. The van der Waals surface area contributed by atoms with Crippen molar-refractivity contribution < 1.29 is 14.3 Å². The number of H-pyrrole nitrogens is 1. The zero-order chi connectivity index (χ0) is 23.0. The molecular formula is C26H26N4O3. The second kappa shape index (κ2) is 10.5. The summed E-state index contributed by atoms with van der Waals surface area (Å²) in [7, 11) is 1.62. The zero-order valence-electron chi connectivity index (χ0n) is 18.4. The van der Waals surface area contributed by atoms with Gasteiger partial charge in [0, 0.05) is 48.0 Å². The van der Waals surface area contributed by atoms with Gasteiger partial charge in [0.05, 0.1) is 7.11 Å². The second-order valence-electron chi connectivity index (χ2n) is 7.76. The summed E-state index contributed by atoms with van der Waals surface area (Å²) in [6, 6.07) is 18.2. The van der Waals surface area contributed by atoms with E-state index in [4.69, 9.17) is 4.74 Å². The number of fused-ring (bicyclic) bond motifs is 1. The van der Waals surface area contributed by atoms with Crippen molar-refractivity contribution in [1.82, 2.24) is 15.3 Å². The number of aromatic nitrogens is 2. The van der Waals surface area contributed by atoms with Crippen LogP contribution in [0.5, 0.6) is 5.75 Å². The van der Waals surface area contributed by atoms with E-state index in [-0.39, 0.29) is 18.2 Å². The first kappa shape index (κ1) is 22.1. The number of ether oxygens (including phenoxy) is 1. The van der Waals surface area contributed by atoms with E-state index in [9.17, 15) is 9.59 Å². The molecule has 3 N–H and O–H groups in total. The number of hydrogen-bond acceptors (Lipinski definition) is 4. The lowest BCUT2D eigenvalue weighted by Gasteiger charge is -2.18. The first-order chi connectivity index (χ1) is 16.1. The number of carbonyl (C=O) groups is 2. The third-order valence-electron chi connectivity index (χ3n) is 5.50. The van der Waals surface area contributed by atoms with E-state index in [0.29, 0.717) is 18.5 Å². The standard InChI is InChI=1S/C26H26N4O3/c1-33-21-9-6-18(7-10-21)8-11-25(31)30-24(26(32)29-20-12-14-27-15-13-20)16-19-17-28-23-5-3-2-4-22(19)23/h2-7,9-10,12-15,17,24,28H,8,11,16H2,1H3,(H,30,31)(H,27,29,32)/t24-/m0/s1. The first-order valence-corrected chi connectivity index (χ1v) is 10.8. The Labute approximate surface area is 192 Å². The zero-order valence-corrected chi connectivity index (χ0v) is 18.4. The topological polar surface area (TPSA) is 96.1 Å². The lowest BCUT2D eigenvalue weighted by Crippen LogP contribution is -2.45. The molecule has 7 nitrogen and oxygen atoms in total. The van der Waals surface area contributed by atoms with Crippen LogP contribution in [0.3, 0.4) is 0 Å². The number of pyridine rings is 1. The Morgan fingerprint density at radius 1 is 1.03 bits per heavy atom. The molecule has 2 aromatic carbocycles. The summed E-state index contributed by atoms with van der Waals surface area (Å²) in [5.41, 5.74) is 3.62. The molecule has 168 valence electrons. The van der Waals surface area contributed by atoms with Gasteiger partial charge in [-0.15, -0.1) is 0 Å². The SMILES string of the molecule is COc1ccc(CCC(=O)N[C@@H](Cc2c[nH]c3ccccc23)C(=O)Nc2ccncc2)cc1. The fourth-order valence-electron chi connectivity index (χ4n) is 3.71. The van der Waals surface area contributed by atoms with Crippen molar-refractivity contribution in [3.63, 3.8) is 0 Å². The van der Waals surface area contributed by atoms with Crippen LogP contribution in [0.1, 0.15) is 17.5 Å². The molecule has 1 atom stereocenters. The molecule has 0 bridgehead atoms. The summed E-state index contributed by atoms with van der Waals surface area (Å²) in [4.78, 5) is 33.1. The van der Waals surface area contributed by atoms with Gasteiger partial charge in [0.2, 0.25) is 11.8 Å². The fourth-order valence-corrected chi connectivity index (χ4v) is 3.71. The van der Waals surface area contributed by atoms with Crippen molar-refractivity contribution in [2.45, 2.75) is 25.3 Å². The van der Waals surface area contributed by atoms with Crippen molar-refractivity contribution in [1.29, 1.82) is 0 Å². The number of nitrogens with one attached hydrogen (secondary N) is 3. The van der Waals surface area contributed by atoms with Gasteiger partial charge in [0.15, 0.2) is 0 Å². The van der Waals surface area contributed by atoms with Crippen LogP contribution in [0.15, 0.2) is 79.3 Å². The molecule has 0 saturated carbocycles. The maximum atomic E-state index is 13.1. The van der Waals surface area contributed by atoms with Crippen LogP contribution in [-0.2, 0) is 22.4 Å². The van der Waals surface area contributed by atoms with Gasteiger partial charge < -0.3 is 20.4 Å². The molecule has 0 saturated heterocycles. The van der Waals surface area contributed by atoms with Crippen molar-refractivity contribution >= 4 is 28.4 Å². The number of amides is 2. The smallest absolute Gasteiger partial charge is 0.247 e. The number of aromatic amines is 1. The highest BCUT2D eigenvalue weighted by atomic mass is 16.5. The molecule has 7 heteroatoms. The lowest BCUT2D eigenvalue weighted by molar-refractivity contribution is -0.126. The van der Waals surface area contributed by atoms with Crippen LogP contribution < -0.4 is 15.4 Å². The Kier molecular flexibility index (Phi) is 6.99. The number of methoxy groups -OCH3 is 1. The Morgan fingerprint density at radius 2 is 1.79 bits per heavy atom. The van der Waals surface area contributed by atoms with Crippen molar-refractivity contribution in [3.05, 3.63) is 90.4 Å². The summed E-state index contributed by atoms with van der Waals surface area (Å²) < 4.78 is 5.17. The maximum absolute atomic E-state index is 13.1. The van der Waals surface area contributed by atoms with E-state index in [2.05, 4.69) is 20.6 Å². The highest BCUT2D eigenvalue weighted by Gasteiger charge is 2.23. The Morgan fingerprint density at radius 3 is 2.55 bits per heavy atom. The van der Waals surface area contributed by atoms with E-state index >= 15 is 0 Å². The molecule has 0 spiro atoms. The largest absolute Gasteiger partial charge is 0.497 e. The number of rotatable bonds is 9. The second-order valence-corrected chi connectivity index (χ2v) is 7.76. The molecule has 0 unspecified atom stereocenters. The van der Waals surface area contributed by atoms with Gasteiger partial charge >= 0.3 is 0 Å². The van der Waals surface area contributed by atoms with Crippen LogP contribution in [-0.4, -0.2) is 34.9 Å². The van der Waals surface area contributed by atoms with Gasteiger partial charge in [-0.1, -0.05) is 30.3 Å². The van der Waals surface area contributed by atoms with Crippen molar-refractivity contribution in [2.24, 2.45) is 0 Å². The number of para-hydroxylation sites is 1. The molecule has 0 aliphatic heterocycles. The molecule has 2 amide bonds. The summed E-state index contributed by atoms with van der Waals surface area (Å²) in [5, 5.41) is 6.84. The highest BCUT2D eigenvalue weighted by Crippen LogP contribution is 2.20. The van der Waals surface area contributed by atoms with E-state index in [1.165, 1.54) is 0 Å². The lowest BCUT2D eigenvalue weighted by atomic mass is 10.0. The van der Waals surface area contributed by atoms with E-state index in [0.717, 1.165) is 27.8 Å². The van der Waals surface area contributed by atoms with Gasteiger partial charge in [-0.2, -0.15) is 0 Å². The molecule has 2 heterocycles. The molecule has 4 aromatic rings. The van der Waals surface area contributed by atoms with Crippen LogP contribution in [0.2, 0.25) is 0 Å².